The van der Waals surface area contributed by atoms with Crippen LogP contribution in [0, 0.1) is 11.3 Å². The first kappa shape index (κ1) is 8.51. The summed E-state index contributed by atoms with van der Waals surface area (Å²) in [5, 5.41) is 8.76. The molecule has 0 unspecified atom stereocenters. The summed E-state index contributed by atoms with van der Waals surface area (Å²) in [6, 6.07) is 3.62. The molecule has 0 aliphatic carbocycles. The van der Waals surface area contributed by atoms with Gasteiger partial charge >= 0.3 is 0 Å². The number of imidazole rings is 1. The predicted octanol–water partition coefficient (Wildman–Crippen LogP) is 0.905. The van der Waals surface area contributed by atoms with Crippen molar-refractivity contribution in [1.82, 2.24) is 14.5 Å². The van der Waals surface area contributed by atoms with Crippen molar-refractivity contribution < 1.29 is 0 Å². The van der Waals surface area contributed by atoms with Gasteiger partial charge in [-0.05, 0) is 13.0 Å². The van der Waals surface area contributed by atoms with Gasteiger partial charge in [0.25, 0.3) is 0 Å². The normalized spacial score (nSPS) is 10.3. The molecular formula is C9H9N5. The van der Waals surface area contributed by atoms with E-state index in [2.05, 4.69) is 9.97 Å². The average Bonchev–Trinajstić information content (AvgIpc) is 2.58. The monoisotopic (exact) mass is 187 g/mol. The van der Waals surface area contributed by atoms with Crippen molar-refractivity contribution in [3.8, 4) is 6.07 Å². The van der Waals surface area contributed by atoms with Crippen LogP contribution < -0.4 is 5.73 Å². The van der Waals surface area contributed by atoms with E-state index in [4.69, 9.17) is 11.0 Å². The highest BCUT2D eigenvalue weighted by Crippen LogP contribution is 2.16. The van der Waals surface area contributed by atoms with Crippen LogP contribution in [0.25, 0.3) is 11.2 Å². The highest BCUT2D eigenvalue weighted by Gasteiger charge is 2.07. The molecule has 0 atom stereocenters. The van der Waals surface area contributed by atoms with Crippen molar-refractivity contribution >= 4 is 16.9 Å². The van der Waals surface area contributed by atoms with Crippen LogP contribution in [0.2, 0.25) is 0 Å². The molecule has 0 aromatic carbocycles. The van der Waals surface area contributed by atoms with Crippen LogP contribution in [-0.2, 0) is 6.54 Å². The lowest BCUT2D eigenvalue weighted by Crippen LogP contribution is -1.98. The Balaban J connectivity index is 2.78. The largest absolute Gasteiger partial charge is 0.396 e. The molecule has 0 saturated carbocycles. The minimum Gasteiger partial charge on any atom is -0.396 e. The first-order valence-electron chi connectivity index (χ1n) is 4.27. The van der Waals surface area contributed by atoms with E-state index >= 15 is 0 Å². The molecule has 0 radical (unpaired) electrons. The topological polar surface area (TPSA) is 80.5 Å². The van der Waals surface area contributed by atoms with Crippen molar-refractivity contribution in [2.24, 2.45) is 0 Å². The third-order valence-electron chi connectivity index (χ3n) is 2.07. The maximum atomic E-state index is 8.76. The number of nitrogen functional groups attached to an aromatic ring is 1. The van der Waals surface area contributed by atoms with Gasteiger partial charge in [0.05, 0.1) is 12.0 Å². The second kappa shape index (κ2) is 3.00. The van der Waals surface area contributed by atoms with Gasteiger partial charge in [-0.25, -0.2) is 9.97 Å². The molecule has 2 aromatic heterocycles. The molecule has 0 spiro atoms. The molecule has 0 aliphatic heterocycles. The lowest BCUT2D eigenvalue weighted by molar-refractivity contribution is 0.777. The molecule has 2 N–H and O–H groups in total. The highest BCUT2D eigenvalue weighted by atomic mass is 15.1. The molecule has 0 fully saturated rings. The Morgan fingerprint density at radius 3 is 3.07 bits per heavy atom. The summed E-state index contributed by atoms with van der Waals surface area (Å²) in [5.74, 6) is 0. The number of aromatic nitrogens is 3. The lowest BCUT2D eigenvalue weighted by Gasteiger charge is -1.99. The Morgan fingerprint density at radius 2 is 2.43 bits per heavy atom. The van der Waals surface area contributed by atoms with Crippen molar-refractivity contribution in [3.63, 3.8) is 0 Å². The van der Waals surface area contributed by atoms with Crippen LogP contribution >= 0.6 is 0 Å². The summed E-state index contributed by atoms with van der Waals surface area (Å²) < 4.78 is 1.87. The van der Waals surface area contributed by atoms with Gasteiger partial charge in [-0.3, -0.25) is 0 Å². The van der Waals surface area contributed by atoms with Gasteiger partial charge in [0.15, 0.2) is 11.3 Å². The van der Waals surface area contributed by atoms with Crippen molar-refractivity contribution in [2.45, 2.75) is 13.5 Å². The van der Waals surface area contributed by atoms with Gasteiger partial charge < -0.3 is 10.3 Å². The number of rotatable bonds is 1. The Labute approximate surface area is 80.8 Å². The minimum absolute atomic E-state index is 0.257. The predicted molar refractivity (Wildman–Crippen MR) is 52.3 cm³/mol. The third-order valence-corrected chi connectivity index (χ3v) is 2.07. The fourth-order valence-corrected chi connectivity index (χ4v) is 1.32. The van der Waals surface area contributed by atoms with E-state index in [9.17, 15) is 0 Å². The summed E-state index contributed by atoms with van der Waals surface area (Å²) in [6.07, 6.45) is 1.69. The molecule has 2 rings (SSSR count). The van der Waals surface area contributed by atoms with Crippen LogP contribution in [0.15, 0.2) is 12.4 Å². The van der Waals surface area contributed by atoms with Crippen LogP contribution in [0.4, 0.5) is 5.69 Å². The summed E-state index contributed by atoms with van der Waals surface area (Å²) in [5.41, 5.74) is 7.68. The molecule has 14 heavy (non-hydrogen) atoms. The number of aryl methyl sites for hydroxylation is 1. The maximum Gasteiger partial charge on any atom is 0.165 e. The number of fused-ring (bicyclic) bond motifs is 1. The number of pyridine rings is 1. The number of anilines is 1. The molecule has 2 heterocycles. The molecule has 70 valence electrons. The van der Waals surface area contributed by atoms with E-state index < -0.39 is 0 Å². The van der Waals surface area contributed by atoms with Crippen molar-refractivity contribution in [3.05, 3.63) is 18.1 Å². The fourth-order valence-electron chi connectivity index (χ4n) is 1.32. The molecule has 0 aliphatic rings. The minimum atomic E-state index is 0.257. The van der Waals surface area contributed by atoms with Crippen LogP contribution in [0.1, 0.15) is 12.6 Å². The van der Waals surface area contributed by atoms with E-state index in [1.54, 1.807) is 12.4 Å². The molecule has 0 saturated heterocycles. The SMILES string of the molecule is CCn1cnc2cc(N)c(C#N)nc21. The Morgan fingerprint density at radius 1 is 1.64 bits per heavy atom. The van der Waals surface area contributed by atoms with Gasteiger partial charge in [0.2, 0.25) is 0 Å². The van der Waals surface area contributed by atoms with Crippen LogP contribution in [-0.4, -0.2) is 14.5 Å². The number of nitriles is 1. The summed E-state index contributed by atoms with van der Waals surface area (Å²) >= 11 is 0. The van der Waals surface area contributed by atoms with Gasteiger partial charge in [-0.1, -0.05) is 0 Å². The second-order valence-corrected chi connectivity index (χ2v) is 2.91. The average molecular weight is 187 g/mol. The van der Waals surface area contributed by atoms with E-state index in [0.29, 0.717) is 11.3 Å². The number of hydrogen-bond acceptors (Lipinski definition) is 4. The van der Waals surface area contributed by atoms with Crippen LogP contribution in [0.3, 0.4) is 0 Å². The summed E-state index contributed by atoms with van der Waals surface area (Å²) in [6.45, 7) is 2.77. The van der Waals surface area contributed by atoms with Gasteiger partial charge in [-0.15, -0.1) is 0 Å². The van der Waals surface area contributed by atoms with Gasteiger partial charge in [0.1, 0.15) is 11.6 Å². The molecule has 5 heteroatoms. The Kier molecular flexibility index (Phi) is 1.82. The highest BCUT2D eigenvalue weighted by molar-refractivity contribution is 5.76. The summed E-state index contributed by atoms with van der Waals surface area (Å²) in [7, 11) is 0. The standard InChI is InChI=1S/C9H9N5/c1-2-14-5-12-7-3-6(11)8(4-10)13-9(7)14/h3,5H,2,11H2,1H3. The Hall–Kier alpha value is -2.09. The van der Waals surface area contributed by atoms with E-state index in [1.807, 2.05) is 17.6 Å². The zero-order valence-electron chi connectivity index (χ0n) is 7.73. The van der Waals surface area contributed by atoms with Gasteiger partial charge in [-0.2, -0.15) is 5.26 Å². The lowest BCUT2D eigenvalue weighted by atomic mass is 10.3. The van der Waals surface area contributed by atoms with Crippen molar-refractivity contribution in [2.75, 3.05) is 5.73 Å². The molecule has 2 aromatic rings. The smallest absolute Gasteiger partial charge is 0.165 e. The molecular weight excluding hydrogens is 178 g/mol. The van der Waals surface area contributed by atoms with Crippen molar-refractivity contribution in [1.29, 1.82) is 5.26 Å². The number of nitrogens with zero attached hydrogens (tertiary/aromatic N) is 4. The molecule has 5 nitrogen and oxygen atoms in total. The third kappa shape index (κ3) is 1.09. The maximum absolute atomic E-state index is 8.76. The number of hydrogen-bond donors (Lipinski definition) is 1. The zero-order valence-corrected chi connectivity index (χ0v) is 7.73. The van der Waals surface area contributed by atoms with Gasteiger partial charge in [0, 0.05) is 6.54 Å². The van der Waals surface area contributed by atoms with Crippen LogP contribution in [0.5, 0.6) is 0 Å². The number of nitrogens with two attached hydrogens (primary N) is 1. The summed E-state index contributed by atoms with van der Waals surface area (Å²) in [4.78, 5) is 8.28. The van der Waals surface area contributed by atoms with E-state index in [0.717, 1.165) is 12.1 Å². The first-order valence-corrected chi connectivity index (χ1v) is 4.27. The second-order valence-electron chi connectivity index (χ2n) is 2.91. The zero-order chi connectivity index (χ0) is 10.1. The Bertz CT molecular complexity index is 520. The van der Waals surface area contributed by atoms with E-state index in [1.165, 1.54) is 0 Å². The first-order chi connectivity index (χ1) is 6.76. The molecule has 0 amide bonds. The fraction of sp³-hybridized carbons (Fsp3) is 0.222. The molecule has 0 bridgehead atoms. The quantitative estimate of drug-likeness (QED) is 0.719. The van der Waals surface area contributed by atoms with E-state index in [-0.39, 0.29) is 5.69 Å².